The Balaban J connectivity index is 1.51. The molecule has 1 aromatic rings. The third-order valence-electron chi connectivity index (χ3n) is 5.27. The lowest BCUT2D eigenvalue weighted by atomic mass is 9.94. The minimum absolute atomic E-state index is 0.0550. The van der Waals surface area contributed by atoms with Crippen molar-refractivity contribution in [1.29, 1.82) is 0 Å². The molecule has 1 unspecified atom stereocenters. The van der Waals surface area contributed by atoms with Crippen LogP contribution in [0.15, 0.2) is 24.3 Å². The fourth-order valence-electron chi connectivity index (χ4n) is 4.01. The quantitative estimate of drug-likeness (QED) is 0.849. The van der Waals surface area contributed by atoms with Crippen LogP contribution < -0.4 is 5.32 Å². The zero-order valence-electron chi connectivity index (χ0n) is 16.1. The first-order valence-corrected chi connectivity index (χ1v) is 9.55. The molecular formula is C21H33NO3. The van der Waals surface area contributed by atoms with Crippen molar-refractivity contribution in [2.45, 2.75) is 83.5 Å². The largest absolute Gasteiger partial charge is 0.381 e. The summed E-state index contributed by atoms with van der Waals surface area (Å²) in [6, 6.07) is 9.07. The molecule has 4 nitrogen and oxygen atoms in total. The van der Waals surface area contributed by atoms with Gasteiger partial charge in [0.15, 0.2) is 0 Å². The second-order valence-electron chi connectivity index (χ2n) is 8.55. The van der Waals surface area contributed by atoms with Crippen molar-refractivity contribution < 1.29 is 14.2 Å². The van der Waals surface area contributed by atoms with Gasteiger partial charge in [-0.3, -0.25) is 0 Å². The molecule has 0 amide bonds. The van der Waals surface area contributed by atoms with E-state index in [-0.39, 0.29) is 11.2 Å². The number of hydrogen-bond acceptors (Lipinski definition) is 4. The summed E-state index contributed by atoms with van der Waals surface area (Å²) in [5.74, 6) is 0. The Morgan fingerprint density at radius 3 is 2.52 bits per heavy atom. The van der Waals surface area contributed by atoms with Gasteiger partial charge in [0.1, 0.15) is 0 Å². The highest BCUT2D eigenvalue weighted by Gasteiger charge is 2.45. The van der Waals surface area contributed by atoms with Gasteiger partial charge in [-0.25, -0.2) is 0 Å². The zero-order valence-corrected chi connectivity index (χ0v) is 16.1. The molecular weight excluding hydrogens is 314 g/mol. The molecule has 3 rings (SSSR count). The van der Waals surface area contributed by atoms with E-state index in [1.165, 1.54) is 11.1 Å². The van der Waals surface area contributed by atoms with Gasteiger partial charge in [-0.1, -0.05) is 24.3 Å². The molecule has 2 fully saturated rings. The van der Waals surface area contributed by atoms with Crippen LogP contribution in [0.4, 0.5) is 0 Å². The van der Waals surface area contributed by atoms with Crippen molar-refractivity contribution in [1.82, 2.24) is 5.32 Å². The van der Waals surface area contributed by atoms with E-state index in [4.69, 9.17) is 14.2 Å². The first kappa shape index (κ1) is 18.8. The van der Waals surface area contributed by atoms with Gasteiger partial charge < -0.3 is 19.5 Å². The van der Waals surface area contributed by atoms with Gasteiger partial charge in [-0.2, -0.15) is 0 Å². The van der Waals surface area contributed by atoms with Crippen LogP contribution in [0.3, 0.4) is 0 Å². The van der Waals surface area contributed by atoms with Gasteiger partial charge in [0.2, 0.25) is 0 Å². The topological polar surface area (TPSA) is 39.7 Å². The molecule has 2 heterocycles. The SMILES string of the molecule is CC1(C)CC(NCc2cccc(COC3CCOCC3)c2)C(C)(C)O1. The van der Waals surface area contributed by atoms with Crippen LogP contribution in [0.1, 0.15) is 58.1 Å². The number of rotatable bonds is 6. The monoisotopic (exact) mass is 347 g/mol. The van der Waals surface area contributed by atoms with Crippen LogP contribution >= 0.6 is 0 Å². The summed E-state index contributed by atoms with van der Waals surface area (Å²) in [4.78, 5) is 0. The Hall–Kier alpha value is -0.940. The molecule has 0 radical (unpaired) electrons. The summed E-state index contributed by atoms with van der Waals surface area (Å²) in [6.07, 6.45) is 3.39. The summed E-state index contributed by atoms with van der Waals surface area (Å²) < 4.78 is 17.6. The molecule has 1 atom stereocenters. The van der Waals surface area contributed by atoms with Gasteiger partial charge in [-0.15, -0.1) is 0 Å². The number of benzene rings is 1. The second-order valence-corrected chi connectivity index (χ2v) is 8.55. The summed E-state index contributed by atoms with van der Waals surface area (Å²) in [6.45, 7) is 11.9. The molecule has 25 heavy (non-hydrogen) atoms. The lowest BCUT2D eigenvalue weighted by Crippen LogP contribution is -2.42. The number of nitrogens with one attached hydrogen (secondary N) is 1. The maximum Gasteiger partial charge on any atom is 0.0787 e. The Morgan fingerprint density at radius 2 is 1.84 bits per heavy atom. The Labute approximate surface area is 152 Å². The highest BCUT2D eigenvalue weighted by Crippen LogP contribution is 2.37. The lowest BCUT2D eigenvalue weighted by molar-refractivity contribution is -0.0699. The fourth-order valence-corrected chi connectivity index (χ4v) is 4.01. The van der Waals surface area contributed by atoms with Gasteiger partial charge in [0, 0.05) is 25.8 Å². The minimum atomic E-state index is -0.132. The van der Waals surface area contributed by atoms with E-state index >= 15 is 0 Å². The van der Waals surface area contributed by atoms with Crippen molar-refractivity contribution in [3.05, 3.63) is 35.4 Å². The van der Waals surface area contributed by atoms with E-state index in [0.29, 0.717) is 18.8 Å². The summed E-state index contributed by atoms with van der Waals surface area (Å²) in [5.41, 5.74) is 2.36. The Bertz CT molecular complexity index is 564. The highest BCUT2D eigenvalue weighted by atomic mass is 16.5. The van der Waals surface area contributed by atoms with Gasteiger partial charge >= 0.3 is 0 Å². The molecule has 0 bridgehead atoms. The third-order valence-corrected chi connectivity index (χ3v) is 5.27. The molecule has 2 aliphatic rings. The maximum absolute atomic E-state index is 6.17. The minimum Gasteiger partial charge on any atom is -0.381 e. The predicted molar refractivity (Wildman–Crippen MR) is 99.6 cm³/mol. The molecule has 0 aromatic heterocycles. The molecule has 0 saturated carbocycles. The van der Waals surface area contributed by atoms with Crippen molar-refractivity contribution in [2.75, 3.05) is 13.2 Å². The summed E-state index contributed by atoms with van der Waals surface area (Å²) in [7, 11) is 0. The van der Waals surface area contributed by atoms with Gasteiger partial charge in [0.25, 0.3) is 0 Å². The average Bonchev–Trinajstić information content (AvgIpc) is 2.79. The molecule has 2 aliphatic heterocycles. The smallest absolute Gasteiger partial charge is 0.0787 e. The van der Waals surface area contributed by atoms with Crippen LogP contribution in [0.25, 0.3) is 0 Å². The summed E-state index contributed by atoms with van der Waals surface area (Å²) in [5, 5.41) is 3.69. The fraction of sp³-hybridized carbons (Fsp3) is 0.714. The maximum atomic E-state index is 6.17. The number of hydrogen-bond donors (Lipinski definition) is 1. The molecule has 1 N–H and O–H groups in total. The van der Waals surface area contributed by atoms with Crippen LogP contribution in [0.2, 0.25) is 0 Å². The van der Waals surface area contributed by atoms with E-state index < -0.39 is 0 Å². The predicted octanol–water partition coefficient (Wildman–Crippen LogP) is 3.82. The lowest BCUT2D eigenvalue weighted by Gasteiger charge is -2.28. The van der Waals surface area contributed by atoms with E-state index in [2.05, 4.69) is 57.3 Å². The van der Waals surface area contributed by atoms with Crippen molar-refractivity contribution in [3.63, 3.8) is 0 Å². The van der Waals surface area contributed by atoms with Crippen molar-refractivity contribution in [2.24, 2.45) is 0 Å². The standard InChI is InChI=1S/C21H33NO3/c1-20(2)13-19(21(3,4)25-20)22-14-16-6-5-7-17(12-16)15-24-18-8-10-23-11-9-18/h5-7,12,18-19,22H,8-11,13-15H2,1-4H3. The summed E-state index contributed by atoms with van der Waals surface area (Å²) >= 11 is 0. The second kappa shape index (κ2) is 7.75. The Morgan fingerprint density at radius 1 is 1.12 bits per heavy atom. The van der Waals surface area contributed by atoms with Crippen molar-refractivity contribution >= 4 is 0 Å². The highest BCUT2D eigenvalue weighted by molar-refractivity contribution is 5.23. The Kier molecular flexibility index (Phi) is 5.84. The molecule has 4 heteroatoms. The van der Waals surface area contributed by atoms with E-state index in [9.17, 15) is 0 Å². The molecule has 0 aliphatic carbocycles. The zero-order chi connectivity index (χ0) is 17.9. The van der Waals surface area contributed by atoms with Crippen LogP contribution in [-0.4, -0.2) is 36.6 Å². The molecule has 2 saturated heterocycles. The molecule has 1 aromatic carbocycles. The first-order chi connectivity index (χ1) is 11.8. The normalized spacial score (nSPS) is 26.0. The van der Waals surface area contributed by atoms with Gasteiger partial charge in [-0.05, 0) is 58.1 Å². The van der Waals surface area contributed by atoms with Crippen LogP contribution in [-0.2, 0) is 27.4 Å². The van der Waals surface area contributed by atoms with Gasteiger partial charge in [0.05, 0.1) is 23.9 Å². The van der Waals surface area contributed by atoms with E-state index in [0.717, 1.165) is 39.0 Å². The average molecular weight is 347 g/mol. The first-order valence-electron chi connectivity index (χ1n) is 9.55. The molecule has 140 valence electrons. The number of ether oxygens (including phenoxy) is 3. The van der Waals surface area contributed by atoms with Crippen LogP contribution in [0.5, 0.6) is 0 Å². The van der Waals surface area contributed by atoms with Crippen molar-refractivity contribution in [3.8, 4) is 0 Å². The molecule has 0 spiro atoms. The van der Waals surface area contributed by atoms with E-state index in [1.807, 2.05) is 0 Å². The van der Waals surface area contributed by atoms with Crippen LogP contribution in [0, 0.1) is 0 Å². The van der Waals surface area contributed by atoms with E-state index in [1.54, 1.807) is 0 Å². The third kappa shape index (κ3) is 5.27.